The van der Waals surface area contributed by atoms with Gasteiger partial charge in [-0.3, -0.25) is 0 Å². The third-order valence-electron chi connectivity index (χ3n) is 2.30. The fraction of sp³-hybridized carbons (Fsp3) is 1.00. The van der Waals surface area contributed by atoms with Crippen LogP contribution in [0.5, 0.6) is 0 Å². The topological polar surface area (TPSA) is 17.3 Å². The van der Waals surface area contributed by atoms with Gasteiger partial charge in [0, 0.05) is 38.8 Å². The molecule has 3 heteroatoms. The minimum Gasteiger partial charge on any atom is -0.660 e. The van der Waals surface area contributed by atoms with E-state index in [0.29, 0.717) is 0 Å². The monoisotopic (exact) mass is 230 g/mol. The first-order valence-electron chi connectivity index (χ1n) is 4.22. The molecule has 0 saturated carbocycles. The van der Waals surface area contributed by atoms with Crippen LogP contribution < -0.4 is 0 Å². The molecule has 0 aliphatic carbocycles. The van der Waals surface area contributed by atoms with E-state index in [1.54, 1.807) is 0 Å². The molecule has 1 aliphatic heterocycles. The zero-order chi connectivity index (χ0) is 7.40. The van der Waals surface area contributed by atoms with Gasteiger partial charge in [0.25, 0.3) is 0 Å². The maximum absolute atomic E-state index is 4.30. The summed E-state index contributed by atoms with van der Waals surface area (Å²) in [6, 6.07) is 0.760. The van der Waals surface area contributed by atoms with E-state index in [9.17, 15) is 0 Å². The van der Waals surface area contributed by atoms with Crippen molar-refractivity contribution in [1.82, 2.24) is 4.90 Å². The smallest absolute Gasteiger partial charge is 0.00628 e. The van der Waals surface area contributed by atoms with Crippen molar-refractivity contribution >= 4 is 0 Å². The number of rotatable bonds is 2. The molecule has 1 atom stereocenters. The van der Waals surface area contributed by atoms with E-state index in [-0.39, 0.29) is 32.7 Å². The standard InChI is InChI=1S/C8H17N2.Y/c1-3-8(2)10-6-4-9-5-7-10;/h8H,3-7H2,1-2H3;/q-1;. The van der Waals surface area contributed by atoms with Gasteiger partial charge < -0.3 is 10.2 Å². The minimum atomic E-state index is 0. The summed E-state index contributed by atoms with van der Waals surface area (Å²) in [6.45, 7) is 8.99. The number of hydrogen-bond acceptors (Lipinski definition) is 1. The Kier molecular flexibility index (Phi) is 7.14. The molecule has 2 nitrogen and oxygen atoms in total. The molecule has 1 heterocycles. The van der Waals surface area contributed by atoms with Gasteiger partial charge in [0.2, 0.25) is 0 Å². The van der Waals surface area contributed by atoms with E-state index in [2.05, 4.69) is 24.1 Å². The normalized spacial score (nSPS) is 22.4. The van der Waals surface area contributed by atoms with E-state index in [1.807, 2.05) is 0 Å². The van der Waals surface area contributed by atoms with Gasteiger partial charge in [-0.05, 0) is 26.4 Å². The summed E-state index contributed by atoms with van der Waals surface area (Å²) in [7, 11) is 0. The molecule has 1 aliphatic rings. The van der Waals surface area contributed by atoms with Crippen molar-refractivity contribution in [3.05, 3.63) is 5.32 Å². The zero-order valence-electron chi connectivity index (χ0n) is 7.58. The van der Waals surface area contributed by atoms with Gasteiger partial charge in [-0.1, -0.05) is 6.92 Å². The van der Waals surface area contributed by atoms with Crippen molar-refractivity contribution in [1.29, 1.82) is 0 Å². The summed E-state index contributed by atoms with van der Waals surface area (Å²) in [6.07, 6.45) is 1.26. The van der Waals surface area contributed by atoms with Crippen molar-refractivity contribution in [2.75, 3.05) is 26.2 Å². The Hall–Kier alpha value is 1.02. The molecule has 1 radical (unpaired) electrons. The second kappa shape index (κ2) is 6.53. The summed E-state index contributed by atoms with van der Waals surface area (Å²) in [5.41, 5.74) is 0. The van der Waals surface area contributed by atoms with Gasteiger partial charge in [-0.15, -0.1) is 13.1 Å². The third-order valence-corrected chi connectivity index (χ3v) is 2.30. The third kappa shape index (κ3) is 3.98. The molecule has 1 saturated heterocycles. The van der Waals surface area contributed by atoms with E-state index >= 15 is 0 Å². The van der Waals surface area contributed by atoms with Crippen LogP contribution in [-0.2, 0) is 32.7 Å². The SMILES string of the molecule is CCC(C)N1CC[N-]CC1.[Y]. The molecule has 0 bridgehead atoms. The van der Waals surface area contributed by atoms with Gasteiger partial charge in [0.1, 0.15) is 0 Å². The van der Waals surface area contributed by atoms with Gasteiger partial charge >= 0.3 is 0 Å². The second-order valence-electron chi connectivity index (χ2n) is 2.96. The van der Waals surface area contributed by atoms with Crippen LogP contribution in [0.3, 0.4) is 0 Å². The average molecular weight is 230 g/mol. The first-order valence-corrected chi connectivity index (χ1v) is 4.22. The van der Waals surface area contributed by atoms with E-state index in [4.69, 9.17) is 0 Å². The molecule has 0 spiro atoms. The van der Waals surface area contributed by atoms with Gasteiger partial charge in [-0.2, -0.15) is 0 Å². The zero-order valence-corrected chi connectivity index (χ0v) is 10.4. The van der Waals surface area contributed by atoms with Crippen LogP contribution in [-0.4, -0.2) is 37.1 Å². The largest absolute Gasteiger partial charge is 0.660 e. The summed E-state index contributed by atoms with van der Waals surface area (Å²) < 4.78 is 0. The molecule has 1 rings (SSSR count). The molecular formula is C8H17N2Y-. The van der Waals surface area contributed by atoms with Crippen LogP contribution in [0, 0.1) is 0 Å². The first kappa shape index (κ1) is 12.0. The second-order valence-corrected chi connectivity index (χ2v) is 2.96. The molecule has 0 N–H and O–H groups in total. The predicted octanol–water partition coefficient (Wildman–Crippen LogP) is 1.47. The van der Waals surface area contributed by atoms with Crippen LogP contribution >= 0.6 is 0 Å². The quantitative estimate of drug-likeness (QED) is 0.702. The molecule has 11 heavy (non-hydrogen) atoms. The molecule has 0 amide bonds. The van der Waals surface area contributed by atoms with Crippen molar-refractivity contribution in [3.63, 3.8) is 0 Å². The fourth-order valence-electron chi connectivity index (χ4n) is 1.32. The summed E-state index contributed by atoms with van der Waals surface area (Å²) in [4.78, 5) is 2.52. The molecule has 63 valence electrons. The van der Waals surface area contributed by atoms with E-state index < -0.39 is 0 Å². The Morgan fingerprint density at radius 3 is 2.36 bits per heavy atom. The van der Waals surface area contributed by atoms with Crippen LogP contribution in [0.2, 0.25) is 0 Å². The van der Waals surface area contributed by atoms with E-state index in [1.165, 1.54) is 19.5 Å². The Morgan fingerprint density at radius 2 is 1.91 bits per heavy atom. The van der Waals surface area contributed by atoms with Crippen LogP contribution in [0.25, 0.3) is 5.32 Å². The number of hydrogen-bond donors (Lipinski definition) is 0. The Morgan fingerprint density at radius 1 is 1.36 bits per heavy atom. The van der Waals surface area contributed by atoms with Crippen molar-refractivity contribution in [2.24, 2.45) is 0 Å². The van der Waals surface area contributed by atoms with Crippen LogP contribution in [0.1, 0.15) is 20.3 Å². The van der Waals surface area contributed by atoms with E-state index in [0.717, 1.165) is 19.1 Å². The van der Waals surface area contributed by atoms with Crippen LogP contribution in [0.15, 0.2) is 0 Å². The first-order chi connectivity index (χ1) is 4.84. The van der Waals surface area contributed by atoms with Gasteiger partial charge in [0.05, 0.1) is 0 Å². The maximum atomic E-state index is 4.30. The van der Waals surface area contributed by atoms with Crippen molar-refractivity contribution in [3.8, 4) is 0 Å². The molecule has 0 aromatic rings. The molecule has 1 unspecified atom stereocenters. The van der Waals surface area contributed by atoms with Gasteiger partial charge in [0.15, 0.2) is 0 Å². The van der Waals surface area contributed by atoms with Crippen LogP contribution in [0.4, 0.5) is 0 Å². The molecule has 1 fully saturated rings. The summed E-state index contributed by atoms with van der Waals surface area (Å²) in [5, 5.41) is 4.30. The number of nitrogens with zero attached hydrogens (tertiary/aromatic N) is 2. The molecule has 0 aromatic heterocycles. The van der Waals surface area contributed by atoms with Crippen molar-refractivity contribution in [2.45, 2.75) is 26.3 Å². The average Bonchev–Trinajstić information content (AvgIpc) is 2.05. The molecular weight excluding hydrogens is 213 g/mol. The fourth-order valence-corrected chi connectivity index (χ4v) is 1.32. The predicted molar refractivity (Wildman–Crippen MR) is 44.4 cm³/mol. The molecule has 0 aromatic carbocycles. The Labute approximate surface area is 95.0 Å². The summed E-state index contributed by atoms with van der Waals surface area (Å²) >= 11 is 0. The maximum Gasteiger partial charge on any atom is 0.00628 e. The minimum absolute atomic E-state index is 0. The number of piperazine rings is 1. The summed E-state index contributed by atoms with van der Waals surface area (Å²) in [5.74, 6) is 0. The Balaban J connectivity index is 0.000001000. The Bertz CT molecular complexity index is 92.1. The van der Waals surface area contributed by atoms with Gasteiger partial charge in [-0.25, -0.2) is 0 Å². The van der Waals surface area contributed by atoms with Crippen molar-refractivity contribution < 1.29 is 32.7 Å².